The molecule has 4 heteroatoms. The molecule has 2 heterocycles. The minimum Gasteiger partial charge on any atom is -0.397 e. The molecule has 0 spiro atoms. The van der Waals surface area contributed by atoms with Gasteiger partial charge in [0.05, 0.1) is 23.7 Å². The van der Waals surface area contributed by atoms with E-state index >= 15 is 0 Å². The number of anilines is 2. The lowest BCUT2D eigenvalue weighted by molar-refractivity contribution is 0.103. The second kappa shape index (κ2) is 4.06. The highest BCUT2D eigenvalue weighted by atomic mass is 16.3. The van der Waals surface area contributed by atoms with E-state index in [1.54, 1.807) is 12.4 Å². The summed E-state index contributed by atoms with van der Waals surface area (Å²) in [5.74, 6) is 0.385. The van der Waals surface area contributed by atoms with Gasteiger partial charge in [0, 0.05) is 19.3 Å². The molecule has 2 unspecified atom stereocenters. The molecule has 0 saturated carbocycles. The third-order valence-electron chi connectivity index (χ3n) is 3.03. The van der Waals surface area contributed by atoms with Crippen LogP contribution in [0.2, 0.25) is 0 Å². The van der Waals surface area contributed by atoms with Gasteiger partial charge in [0.25, 0.3) is 0 Å². The molecule has 82 valence electrons. The standard InChI is InChI=1S/C11H17N3O/c1-8-2-3-14(7-11(8)15)10-4-9(12)5-13-6-10/h4-6,8,11,15H,2-3,7,12H2,1H3. The van der Waals surface area contributed by atoms with E-state index in [4.69, 9.17) is 5.73 Å². The average molecular weight is 207 g/mol. The number of piperidine rings is 1. The molecule has 15 heavy (non-hydrogen) atoms. The largest absolute Gasteiger partial charge is 0.397 e. The molecule has 0 amide bonds. The third kappa shape index (κ3) is 2.21. The molecular formula is C11H17N3O. The van der Waals surface area contributed by atoms with Crippen LogP contribution in [0.1, 0.15) is 13.3 Å². The van der Waals surface area contributed by atoms with E-state index in [1.165, 1.54) is 0 Å². The second-order valence-electron chi connectivity index (χ2n) is 4.26. The number of nitrogens with two attached hydrogens (primary N) is 1. The molecule has 3 N–H and O–H groups in total. The van der Waals surface area contributed by atoms with Crippen molar-refractivity contribution in [1.29, 1.82) is 0 Å². The van der Waals surface area contributed by atoms with E-state index in [2.05, 4.69) is 16.8 Å². The summed E-state index contributed by atoms with van der Waals surface area (Å²) in [5.41, 5.74) is 7.34. The predicted molar refractivity (Wildman–Crippen MR) is 60.7 cm³/mol. The number of nitrogens with zero attached hydrogens (tertiary/aromatic N) is 2. The zero-order chi connectivity index (χ0) is 10.8. The van der Waals surface area contributed by atoms with Crippen molar-refractivity contribution >= 4 is 11.4 Å². The van der Waals surface area contributed by atoms with Gasteiger partial charge in [-0.15, -0.1) is 0 Å². The van der Waals surface area contributed by atoms with Crippen LogP contribution in [0.3, 0.4) is 0 Å². The summed E-state index contributed by atoms with van der Waals surface area (Å²) in [5, 5.41) is 9.79. The number of hydrogen-bond acceptors (Lipinski definition) is 4. The minimum atomic E-state index is -0.250. The van der Waals surface area contributed by atoms with Crippen LogP contribution in [0.25, 0.3) is 0 Å². The summed E-state index contributed by atoms with van der Waals surface area (Å²) < 4.78 is 0. The van der Waals surface area contributed by atoms with E-state index in [1.807, 2.05) is 6.07 Å². The number of aliphatic hydroxyl groups excluding tert-OH is 1. The SMILES string of the molecule is CC1CCN(c2cncc(N)c2)CC1O. The van der Waals surface area contributed by atoms with Gasteiger partial charge in [-0.1, -0.05) is 6.92 Å². The van der Waals surface area contributed by atoms with Gasteiger partial charge in [-0.05, 0) is 18.4 Å². The average Bonchev–Trinajstić information content (AvgIpc) is 2.22. The fourth-order valence-corrected chi connectivity index (χ4v) is 1.90. The van der Waals surface area contributed by atoms with Crippen LogP contribution in [0.4, 0.5) is 11.4 Å². The topological polar surface area (TPSA) is 62.4 Å². The summed E-state index contributed by atoms with van der Waals surface area (Å²) in [4.78, 5) is 6.19. The molecule has 1 aromatic rings. The molecule has 0 bridgehead atoms. The Morgan fingerprint density at radius 1 is 1.53 bits per heavy atom. The Balaban J connectivity index is 2.12. The summed E-state index contributed by atoms with van der Waals surface area (Å²) in [6.07, 6.45) is 4.18. The highest BCUT2D eigenvalue weighted by Gasteiger charge is 2.24. The highest BCUT2D eigenvalue weighted by Crippen LogP contribution is 2.23. The van der Waals surface area contributed by atoms with Crippen molar-refractivity contribution in [3.05, 3.63) is 18.5 Å². The van der Waals surface area contributed by atoms with Crippen molar-refractivity contribution in [3.63, 3.8) is 0 Å². The van der Waals surface area contributed by atoms with Crippen molar-refractivity contribution in [1.82, 2.24) is 4.98 Å². The van der Waals surface area contributed by atoms with Gasteiger partial charge in [-0.25, -0.2) is 0 Å². The van der Waals surface area contributed by atoms with Crippen LogP contribution < -0.4 is 10.6 Å². The third-order valence-corrected chi connectivity index (χ3v) is 3.03. The predicted octanol–water partition coefficient (Wildman–Crippen LogP) is 0.871. The van der Waals surface area contributed by atoms with Crippen LogP contribution in [-0.2, 0) is 0 Å². The minimum absolute atomic E-state index is 0.250. The van der Waals surface area contributed by atoms with E-state index in [-0.39, 0.29) is 6.10 Å². The Morgan fingerprint density at radius 2 is 2.33 bits per heavy atom. The lowest BCUT2D eigenvalue weighted by Gasteiger charge is -2.35. The first-order chi connectivity index (χ1) is 7.16. The zero-order valence-corrected chi connectivity index (χ0v) is 8.93. The summed E-state index contributed by atoms with van der Waals surface area (Å²) >= 11 is 0. The maximum Gasteiger partial charge on any atom is 0.0741 e. The van der Waals surface area contributed by atoms with E-state index < -0.39 is 0 Å². The molecule has 2 atom stereocenters. The Bertz CT molecular complexity index is 342. The lowest BCUT2D eigenvalue weighted by atomic mass is 9.96. The van der Waals surface area contributed by atoms with Crippen molar-refractivity contribution in [2.75, 3.05) is 23.7 Å². The molecule has 0 aliphatic carbocycles. The molecular weight excluding hydrogens is 190 g/mol. The van der Waals surface area contributed by atoms with Crippen molar-refractivity contribution in [3.8, 4) is 0 Å². The Morgan fingerprint density at radius 3 is 3.00 bits per heavy atom. The first kappa shape index (κ1) is 10.2. The van der Waals surface area contributed by atoms with Gasteiger partial charge < -0.3 is 15.7 Å². The monoisotopic (exact) mass is 207 g/mol. The van der Waals surface area contributed by atoms with Crippen LogP contribution in [0.15, 0.2) is 18.5 Å². The van der Waals surface area contributed by atoms with Crippen LogP contribution in [0, 0.1) is 5.92 Å². The maximum absolute atomic E-state index is 9.79. The molecule has 1 saturated heterocycles. The van der Waals surface area contributed by atoms with E-state index in [0.717, 1.165) is 18.7 Å². The van der Waals surface area contributed by atoms with Gasteiger partial charge in [-0.3, -0.25) is 4.98 Å². The van der Waals surface area contributed by atoms with Crippen LogP contribution in [0.5, 0.6) is 0 Å². The van der Waals surface area contributed by atoms with Crippen molar-refractivity contribution in [2.45, 2.75) is 19.4 Å². The number of pyridine rings is 1. The Labute approximate surface area is 89.7 Å². The van der Waals surface area contributed by atoms with Gasteiger partial charge in [0.2, 0.25) is 0 Å². The van der Waals surface area contributed by atoms with Gasteiger partial charge in [0.1, 0.15) is 0 Å². The smallest absolute Gasteiger partial charge is 0.0741 e. The normalized spacial score (nSPS) is 26.7. The van der Waals surface area contributed by atoms with Crippen molar-refractivity contribution in [2.24, 2.45) is 5.92 Å². The number of nitrogen functional groups attached to an aromatic ring is 1. The number of aromatic nitrogens is 1. The van der Waals surface area contributed by atoms with Crippen LogP contribution in [-0.4, -0.2) is 29.3 Å². The molecule has 1 aliphatic rings. The van der Waals surface area contributed by atoms with Crippen molar-refractivity contribution < 1.29 is 5.11 Å². The fourth-order valence-electron chi connectivity index (χ4n) is 1.90. The summed E-state index contributed by atoms with van der Waals surface area (Å²) in [7, 11) is 0. The maximum atomic E-state index is 9.79. The highest BCUT2D eigenvalue weighted by molar-refractivity contribution is 5.53. The Kier molecular flexibility index (Phi) is 2.77. The zero-order valence-electron chi connectivity index (χ0n) is 8.93. The number of β-amino-alcohol motifs (C(OH)–C–C–N with tert-alkyl or cyclic N) is 1. The number of rotatable bonds is 1. The number of aliphatic hydroxyl groups is 1. The molecule has 2 rings (SSSR count). The van der Waals surface area contributed by atoms with Gasteiger partial charge >= 0.3 is 0 Å². The molecule has 1 aliphatic heterocycles. The van der Waals surface area contributed by atoms with Crippen LogP contribution >= 0.6 is 0 Å². The summed E-state index contributed by atoms with van der Waals surface area (Å²) in [6, 6.07) is 1.90. The van der Waals surface area contributed by atoms with E-state index in [0.29, 0.717) is 18.2 Å². The number of hydrogen-bond donors (Lipinski definition) is 2. The first-order valence-corrected chi connectivity index (χ1v) is 5.30. The van der Waals surface area contributed by atoms with E-state index in [9.17, 15) is 5.11 Å². The molecule has 0 aromatic carbocycles. The first-order valence-electron chi connectivity index (χ1n) is 5.30. The lowest BCUT2D eigenvalue weighted by Crippen LogP contribution is -2.42. The molecule has 1 fully saturated rings. The Hall–Kier alpha value is -1.29. The molecule has 4 nitrogen and oxygen atoms in total. The molecule has 1 aromatic heterocycles. The van der Waals surface area contributed by atoms with Gasteiger partial charge in [0.15, 0.2) is 0 Å². The fraction of sp³-hybridized carbons (Fsp3) is 0.545. The van der Waals surface area contributed by atoms with Gasteiger partial charge in [-0.2, -0.15) is 0 Å². The summed E-state index contributed by atoms with van der Waals surface area (Å²) in [6.45, 7) is 3.72. The molecule has 0 radical (unpaired) electrons. The quantitative estimate of drug-likeness (QED) is 0.717. The second-order valence-corrected chi connectivity index (χ2v) is 4.26.